The largest absolute Gasteiger partial charge is 0.492 e. The highest BCUT2D eigenvalue weighted by Crippen LogP contribution is 2.18. The molecule has 0 aliphatic heterocycles. The molecule has 0 aliphatic carbocycles. The summed E-state index contributed by atoms with van der Waals surface area (Å²) in [5.41, 5.74) is 4.04. The number of ether oxygens (including phenoxy) is 1. The van der Waals surface area contributed by atoms with Crippen LogP contribution in [-0.2, 0) is 13.0 Å². The molecule has 33 heavy (non-hydrogen) atoms. The molecule has 1 N–H and O–H groups in total. The monoisotopic (exact) mass is 441 g/mol. The lowest BCUT2D eigenvalue weighted by Crippen LogP contribution is -2.24. The molecule has 1 aromatic heterocycles. The van der Waals surface area contributed by atoms with Crippen LogP contribution in [0.4, 0.5) is 0 Å². The SMILES string of the molecule is Cc1ccc(C(=O)NCCCCCc2nc3ccccc3n2CCOc2ccccc2)cc1. The van der Waals surface area contributed by atoms with E-state index in [9.17, 15) is 4.79 Å². The Morgan fingerprint density at radius 1 is 0.909 bits per heavy atom. The molecule has 1 amide bonds. The van der Waals surface area contributed by atoms with Crippen LogP contribution in [0.5, 0.6) is 5.75 Å². The second-order valence-corrected chi connectivity index (χ2v) is 8.26. The first kappa shape index (κ1) is 22.6. The second kappa shape index (κ2) is 11.3. The minimum absolute atomic E-state index is 0.00444. The Balaban J connectivity index is 1.26. The molecule has 0 fully saturated rings. The van der Waals surface area contributed by atoms with Gasteiger partial charge in [-0.2, -0.15) is 0 Å². The molecular formula is C28H31N3O2. The maximum absolute atomic E-state index is 12.2. The van der Waals surface area contributed by atoms with E-state index in [1.165, 1.54) is 0 Å². The molecule has 1 heterocycles. The van der Waals surface area contributed by atoms with Crippen LogP contribution in [0, 0.1) is 6.92 Å². The van der Waals surface area contributed by atoms with Gasteiger partial charge in [0.2, 0.25) is 0 Å². The zero-order chi connectivity index (χ0) is 22.9. The van der Waals surface area contributed by atoms with Crippen molar-refractivity contribution in [3.63, 3.8) is 0 Å². The van der Waals surface area contributed by atoms with Gasteiger partial charge in [0.05, 0.1) is 17.6 Å². The Morgan fingerprint density at radius 2 is 1.67 bits per heavy atom. The zero-order valence-electron chi connectivity index (χ0n) is 19.2. The topological polar surface area (TPSA) is 56.2 Å². The highest BCUT2D eigenvalue weighted by molar-refractivity contribution is 5.94. The first-order chi connectivity index (χ1) is 16.2. The average molecular weight is 442 g/mol. The summed E-state index contributed by atoms with van der Waals surface area (Å²) in [5, 5.41) is 3.02. The normalized spacial score (nSPS) is 10.9. The number of hydrogen-bond acceptors (Lipinski definition) is 3. The number of rotatable bonds is 11. The Hall–Kier alpha value is -3.60. The Labute approximate surface area is 195 Å². The number of aryl methyl sites for hydroxylation is 2. The van der Waals surface area contributed by atoms with Crippen molar-refractivity contribution in [3.05, 3.63) is 95.8 Å². The molecule has 5 nitrogen and oxygen atoms in total. The number of carbonyl (C=O) groups is 1. The summed E-state index contributed by atoms with van der Waals surface area (Å²) in [6.45, 7) is 4.07. The number of hydrogen-bond donors (Lipinski definition) is 1. The van der Waals surface area contributed by atoms with E-state index in [1.54, 1.807) is 0 Å². The number of amides is 1. The third kappa shape index (κ3) is 6.22. The van der Waals surface area contributed by atoms with Crippen molar-refractivity contribution < 1.29 is 9.53 Å². The molecule has 0 saturated heterocycles. The Kier molecular flexibility index (Phi) is 7.75. The number of fused-ring (bicyclic) bond motifs is 1. The van der Waals surface area contributed by atoms with Crippen molar-refractivity contribution in [2.75, 3.05) is 13.2 Å². The number of benzene rings is 3. The third-order valence-electron chi connectivity index (χ3n) is 5.74. The molecule has 0 bridgehead atoms. The van der Waals surface area contributed by atoms with Crippen molar-refractivity contribution >= 4 is 16.9 Å². The summed E-state index contributed by atoms with van der Waals surface area (Å²) in [6.07, 6.45) is 3.93. The predicted octanol–water partition coefficient (Wildman–Crippen LogP) is 5.57. The van der Waals surface area contributed by atoms with Gasteiger partial charge in [-0.05, 0) is 56.2 Å². The number of nitrogens with zero attached hydrogens (tertiary/aromatic N) is 2. The molecule has 0 saturated carbocycles. The van der Waals surface area contributed by atoms with Gasteiger partial charge in [-0.3, -0.25) is 4.79 Å². The molecular weight excluding hydrogens is 410 g/mol. The van der Waals surface area contributed by atoms with Crippen LogP contribution in [0.25, 0.3) is 11.0 Å². The molecule has 0 radical (unpaired) electrons. The predicted molar refractivity (Wildman–Crippen MR) is 133 cm³/mol. The number of nitrogens with one attached hydrogen (secondary N) is 1. The number of carbonyl (C=O) groups excluding carboxylic acids is 1. The molecule has 0 aliphatic rings. The van der Waals surface area contributed by atoms with Crippen LogP contribution in [0.2, 0.25) is 0 Å². The van der Waals surface area contributed by atoms with Crippen LogP contribution < -0.4 is 10.1 Å². The van der Waals surface area contributed by atoms with E-state index in [1.807, 2.05) is 67.6 Å². The van der Waals surface area contributed by atoms with Crippen LogP contribution in [0.15, 0.2) is 78.9 Å². The molecule has 0 spiro atoms. The van der Waals surface area contributed by atoms with Gasteiger partial charge in [0.1, 0.15) is 18.2 Å². The first-order valence-corrected chi connectivity index (χ1v) is 11.7. The quantitative estimate of drug-likeness (QED) is 0.310. The molecule has 4 aromatic rings. The standard InChI is InChI=1S/C28H31N3O2/c1-22-15-17-23(18-16-22)28(32)29-19-9-3-6-14-27-30-25-12-7-8-13-26(25)31(27)20-21-33-24-10-4-2-5-11-24/h2,4-5,7-8,10-13,15-18H,3,6,9,14,19-21H2,1H3,(H,29,32). The lowest BCUT2D eigenvalue weighted by atomic mass is 10.1. The molecule has 0 atom stereocenters. The van der Waals surface area contributed by atoms with Gasteiger partial charge in [0.25, 0.3) is 5.91 Å². The number of aromatic nitrogens is 2. The summed E-state index contributed by atoms with van der Waals surface area (Å²) in [7, 11) is 0. The van der Waals surface area contributed by atoms with E-state index in [-0.39, 0.29) is 5.91 Å². The van der Waals surface area contributed by atoms with Crippen LogP contribution in [0.3, 0.4) is 0 Å². The fraction of sp³-hybridized carbons (Fsp3) is 0.286. The van der Waals surface area contributed by atoms with Crippen LogP contribution >= 0.6 is 0 Å². The molecule has 3 aromatic carbocycles. The summed E-state index contributed by atoms with van der Waals surface area (Å²) in [4.78, 5) is 17.1. The van der Waals surface area contributed by atoms with E-state index < -0.39 is 0 Å². The highest BCUT2D eigenvalue weighted by Gasteiger charge is 2.10. The summed E-state index contributed by atoms with van der Waals surface area (Å²) in [5.74, 6) is 1.97. The number of unbranched alkanes of at least 4 members (excludes halogenated alkanes) is 2. The van der Waals surface area contributed by atoms with Crippen molar-refractivity contribution in [1.29, 1.82) is 0 Å². The summed E-state index contributed by atoms with van der Waals surface area (Å²) < 4.78 is 8.19. The Bertz CT molecular complexity index is 1170. The van der Waals surface area contributed by atoms with Crippen LogP contribution in [0.1, 0.15) is 41.0 Å². The smallest absolute Gasteiger partial charge is 0.251 e. The van der Waals surface area contributed by atoms with E-state index in [4.69, 9.17) is 9.72 Å². The van der Waals surface area contributed by atoms with Gasteiger partial charge in [-0.25, -0.2) is 4.98 Å². The summed E-state index contributed by atoms with van der Waals surface area (Å²) >= 11 is 0. The molecule has 5 heteroatoms. The lowest BCUT2D eigenvalue weighted by Gasteiger charge is -2.11. The highest BCUT2D eigenvalue weighted by atomic mass is 16.5. The third-order valence-corrected chi connectivity index (χ3v) is 5.74. The van der Waals surface area contributed by atoms with E-state index in [0.717, 1.165) is 60.4 Å². The fourth-order valence-corrected chi connectivity index (χ4v) is 3.93. The second-order valence-electron chi connectivity index (χ2n) is 8.26. The molecule has 0 unspecified atom stereocenters. The van der Waals surface area contributed by atoms with E-state index in [2.05, 4.69) is 28.1 Å². The van der Waals surface area contributed by atoms with Crippen molar-refractivity contribution in [1.82, 2.24) is 14.9 Å². The first-order valence-electron chi connectivity index (χ1n) is 11.7. The fourth-order valence-electron chi connectivity index (χ4n) is 3.93. The lowest BCUT2D eigenvalue weighted by molar-refractivity contribution is 0.0953. The van der Waals surface area contributed by atoms with Crippen molar-refractivity contribution in [2.24, 2.45) is 0 Å². The molecule has 170 valence electrons. The number of para-hydroxylation sites is 3. The minimum atomic E-state index is -0.00444. The van der Waals surface area contributed by atoms with Crippen molar-refractivity contribution in [3.8, 4) is 5.75 Å². The average Bonchev–Trinajstić information content (AvgIpc) is 3.19. The van der Waals surface area contributed by atoms with Gasteiger partial charge < -0.3 is 14.6 Å². The molecule has 4 rings (SSSR count). The zero-order valence-corrected chi connectivity index (χ0v) is 19.2. The van der Waals surface area contributed by atoms with E-state index >= 15 is 0 Å². The van der Waals surface area contributed by atoms with Crippen molar-refractivity contribution in [2.45, 2.75) is 39.2 Å². The summed E-state index contributed by atoms with van der Waals surface area (Å²) in [6, 6.07) is 25.8. The van der Waals surface area contributed by atoms with Gasteiger partial charge in [-0.1, -0.05) is 54.4 Å². The van der Waals surface area contributed by atoms with Crippen LogP contribution in [-0.4, -0.2) is 28.6 Å². The number of imidazole rings is 1. The maximum Gasteiger partial charge on any atom is 0.251 e. The van der Waals surface area contributed by atoms with Gasteiger partial charge in [0.15, 0.2) is 0 Å². The Morgan fingerprint density at radius 3 is 2.48 bits per heavy atom. The maximum atomic E-state index is 12.2. The van der Waals surface area contributed by atoms with Gasteiger partial charge >= 0.3 is 0 Å². The van der Waals surface area contributed by atoms with Gasteiger partial charge in [-0.15, -0.1) is 0 Å². The van der Waals surface area contributed by atoms with Gasteiger partial charge in [0, 0.05) is 18.5 Å². The van der Waals surface area contributed by atoms with E-state index in [0.29, 0.717) is 18.7 Å². The minimum Gasteiger partial charge on any atom is -0.492 e.